The van der Waals surface area contributed by atoms with Gasteiger partial charge in [-0.1, -0.05) is 34.6 Å². The Labute approximate surface area is 90.5 Å². The molecule has 1 saturated carbocycles. The van der Waals surface area contributed by atoms with Crippen LogP contribution in [0.1, 0.15) is 66.7 Å². The molecule has 0 N–H and O–H groups in total. The lowest BCUT2D eigenvalue weighted by molar-refractivity contribution is 0.119. The summed E-state index contributed by atoms with van der Waals surface area (Å²) in [7, 11) is 0. The van der Waals surface area contributed by atoms with Crippen molar-refractivity contribution in [3.8, 4) is 0 Å². The fourth-order valence-electron chi connectivity index (χ4n) is 3.19. The number of hydrogen-bond acceptors (Lipinski definition) is 0. The summed E-state index contributed by atoms with van der Waals surface area (Å²) in [5.41, 5.74) is 0.666. The van der Waals surface area contributed by atoms with E-state index in [9.17, 15) is 0 Å². The van der Waals surface area contributed by atoms with Crippen LogP contribution in [-0.2, 0) is 0 Å². The summed E-state index contributed by atoms with van der Waals surface area (Å²) < 4.78 is 0. The first-order valence-electron chi connectivity index (χ1n) is 6.43. The molecule has 0 amide bonds. The van der Waals surface area contributed by atoms with E-state index < -0.39 is 0 Å². The van der Waals surface area contributed by atoms with E-state index in [1.807, 2.05) is 0 Å². The Hall–Kier alpha value is 0. The monoisotopic (exact) mass is 196 g/mol. The van der Waals surface area contributed by atoms with Crippen LogP contribution in [0.5, 0.6) is 0 Å². The highest BCUT2D eigenvalue weighted by Crippen LogP contribution is 2.44. The smallest absolute Gasteiger partial charge is 0.0323 e. The van der Waals surface area contributed by atoms with Crippen molar-refractivity contribution in [2.75, 3.05) is 0 Å². The van der Waals surface area contributed by atoms with Gasteiger partial charge in [0.15, 0.2) is 0 Å². The summed E-state index contributed by atoms with van der Waals surface area (Å²) >= 11 is 0. The Morgan fingerprint density at radius 3 is 1.93 bits per heavy atom. The van der Waals surface area contributed by atoms with E-state index in [-0.39, 0.29) is 0 Å². The summed E-state index contributed by atoms with van der Waals surface area (Å²) in [5, 5.41) is 0. The zero-order valence-electron chi connectivity index (χ0n) is 10.8. The van der Waals surface area contributed by atoms with E-state index in [0.29, 0.717) is 5.41 Å². The molecule has 0 saturated heterocycles. The molecule has 0 radical (unpaired) electrons. The van der Waals surface area contributed by atoms with Crippen LogP contribution in [0.4, 0.5) is 0 Å². The maximum absolute atomic E-state index is 2.50. The Morgan fingerprint density at radius 1 is 1.07 bits per heavy atom. The van der Waals surface area contributed by atoms with E-state index in [4.69, 9.17) is 0 Å². The van der Waals surface area contributed by atoms with Gasteiger partial charge >= 0.3 is 0 Å². The zero-order chi connectivity index (χ0) is 10.8. The summed E-state index contributed by atoms with van der Waals surface area (Å²) in [6, 6.07) is 0. The molecular weight excluding hydrogens is 168 g/mol. The summed E-state index contributed by atoms with van der Waals surface area (Å²) in [5.74, 6) is 2.78. The largest absolute Gasteiger partial charge is 0.0628 e. The zero-order valence-corrected chi connectivity index (χ0v) is 10.8. The molecule has 0 unspecified atom stereocenters. The van der Waals surface area contributed by atoms with Crippen LogP contribution in [0.25, 0.3) is 0 Å². The Kier molecular flexibility index (Phi) is 4.04. The molecule has 14 heavy (non-hydrogen) atoms. The summed E-state index contributed by atoms with van der Waals surface area (Å²) in [6.45, 7) is 12.0. The lowest BCUT2D eigenvalue weighted by atomic mass is 9.66. The molecule has 0 aliphatic heterocycles. The van der Waals surface area contributed by atoms with Crippen molar-refractivity contribution in [2.24, 2.45) is 23.2 Å². The van der Waals surface area contributed by atoms with E-state index >= 15 is 0 Å². The predicted molar refractivity (Wildman–Crippen MR) is 64.4 cm³/mol. The summed E-state index contributed by atoms with van der Waals surface area (Å²) in [6.07, 6.45) is 7.31. The van der Waals surface area contributed by atoms with Crippen LogP contribution in [0, 0.1) is 23.2 Å². The lowest BCUT2D eigenvalue weighted by Gasteiger charge is -2.40. The van der Waals surface area contributed by atoms with Crippen molar-refractivity contribution in [2.45, 2.75) is 66.7 Å². The van der Waals surface area contributed by atoms with E-state index in [1.165, 1.54) is 32.1 Å². The highest BCUT2D eigenvalue weighted by Gasteiger charge is 2.32. The van der Waals surface area contributed by atoms with Gasteiger partial charge in [-0.15, -0.1) is 0 Å². The SMILES string of the molecule is CC(C)CC1(C)CCC(C(C)C)CC1. The standard InChI is InChI=1S/C14H28/c1-11(2)10-14(5)8-6-13(7-9-14)12(3)4/h11-13H,6-10H2,1-5H3. The second-order valence-electron chi connectivity index (χ2n) is 6.49. The molecule has 1 rings (SSSR count). The van der Waals surface area contributed by atoms with E-state index in [0.717, 1.165) is 17.8 Å². The molecule has 0 nitrogen and oxygen atoms in total. The van der Waals surface area contributed by atoms with Crippen molar-refractivity contribution in [3.05, 3.63) is 0 Å². The quantitative estimate of drug-likeness (QED) is 0.603. The molecule has 1 fully saturated rings. The molecule has 1 aliphatic rings. The molecule has 1 aliphatic carbocycles. The lowest BCUT2D eigenvalue weighted by Crippen LogP contribution is -2.27. The molecule has 0 atom stereocenters. The third-order valence-corrected chi connectivity index (χ3v) is 4.08. The van der Waals surface area contributed by atoms with Crippen molar-refractivity contribution in [3.63, 3.8) is 0 Å². The van der Waals surface area contributed by atoms with Gasteiger partial charge in [0.25, 0.3) is 0 Å². The van der Waals surface area contributed by atoms with Crippen molar-refractivity contribution in [1.82, 2.24) is 0 Å². The van der Waals surface area contributed by atoms with E-state index in [1.54, 1.807) is 0 Å². The van der Waals surface area contributed by atoms with Crippen LogP contribution >= 0.6 is 0 Å². The van der Waals surface area contributed by atoms with Gasteiger partial charge in [-0.05, 0) is 55.3 Å². The number of rotatable bonds is 3. The van der Waals surface area contributed by atoms with Crippen molar-refractivity contribution in [1.29, 1.82) is 0 Å². The average Bonchev–Trinajstić information content (AvgIpc) is 2.02. The van der Waals surface area contributed by atoms with E-state index in [2.05, 4.69) is 34.6 Å². The maximum atomic E-state index is 2.50. The van der Waals surface area contributed by atoms with Crippen LogP contribution < -0.4 is 0 Å². The van der Waals surface area contributed by atoms with Gasteiger partial charge in [0, 0.05) is 0 Å². The third-order valence-electron chi connectivity index (χ3n) is 4.08. The number of hydrogen-bond donors (Lipinski definition) is 0. The van der Waals surface area contributed by atoms with Gasteiger partial charge in [0.1, 0.15) is 0 Å². The molecule has 0 spiro atoms. The van der Waals surface area contributed by atoms with Crippen LogP contribution in [0.3, 0.4) is 0 Å². The van der Waals surface area contributed by atoms with Gasteiger partial charge in [0.05, 0.1) is 0 Å². The predicted octanol–water partition coefficient (Wildman–Crippen LogP) is 4.89. The molecule has 0 aromatic heterocycles. The van der Waals surface area contributed by atoms with Gasteiger partial charge < -0.3 is 0 Å². The molecule has 0 aromatic carbocycles. The van der Waals surface area contributed by atoms with Crippen LogP contribution in [0.15, 0.2) is 0 Å². The fraction of sp³-hybridized carbons (Fsp3) is 1.00. The highest BCUT2D eigenvalue weighted by molar-refractivity contribution is 4.83. The second kappa shape index (κ2) is 4.68. The van der Waals surface area contributed by atoms with Crippen molar-refractivity contribution < 1.29 is 0 Å². The first-order chi connectivity index (χ1) is 6.43. The maximum Gasteiger partial charge on any atom is -0.0323 e. The molecule has 0 heterocycles. The minimum absolute atomic E-state index is 0.666. The Morgan fingerprint density at radius 2 is 1.57 bits per heavy atom. The molecule has 0 bridgehead atoms. The van der Waals surface area contributed by atoms with Gasteiger partial charge in [-0.3, -0.25) is 0 Å². The van der Waals surface area contributed by atoms with Gasteiger partial charge in [0.2, 0.25) is 0 Å². The van der Waals surface area contributed by atoms with Crippen molar-refractivity contribution >= 4 is 0 Å². The Bertz CT molecular complexity index is 159. The first-order valence-corrected chi connectivity index (χ1v) is 6.43. The molecule has 84 valence electrons. The first kappa shape index (κ1) is 12.1. The molecule has 0 aromatic rings. The van der Waals surface area contributed by atoms with Crippen LogP contribution in [0.2, 0.25) is 0 Å². The second-order valence-corrected chi connectivity index (χ2v) is 6.49. The average molecular weight is 196 g/mol. The normalized spacial score (nSPS) is 34.1. The fourth-order valence-corrected chi connectivity index (χ4v) is 3.19. The minimum atomic E-state index is 0.666. The minimum Gasteiger partial charge on any atom is -0.0628 e. The Balaban J connectivity index is 2.41. The summed E-state index contributed by atoms with van der Waals surface area (Å²) in [4.78, 5) is 0. The third kappa shape index (κ3) is 3.29. The van der Waals surface area contributed by atoms with Crippen LogP contribution in [-0.4, -0.2) is 0 Å². The van der Waals surface area contributed by atoms with Gasteiger partial charge in [-0.25, -0.2) is 0 Å². The molecular formula is C14H28. The molecule has 0 heteroatoms. The topological polar surface area (TPSA) is 0 Å². The van der Waals surface area contributed by atoms with Gasteiger partial charge in [-0.2, -0.15) is 0 Å². The highest BCUT2D eigenvalue weighted by atomic mass is 14.4.